The molecule has 122 valence electrons. The van der Waals surface area contributed by atoms with Gasteiger partial charge in [-0.25, -0.2) is 0 Å². The molecule has 0 saturated carbocycles. The molecule has 0 unspecified atom stereocenters. The van der Waals surface area contributed by atoms with Gasteiger partial charge in [0.05, 0.1) is 20.8 Å². The number of hydrogen-bond acceptors (Lipinski definition) is 3. The van der Waals surface area contributed by atoms with Crippen molar-refractivity contribution in [2.75, 3.05) is 20.8 Å². The van der Waals surface area contributed by atoms with Crippen LogP contribution in [0, 0.1) is 0 Å². The number of ether oxygens (including phenoxy) is 3. The summed E-state index contributed by atoms with van der Waals surface area (Å²) in [6, 6.07) is 13.9. The fourth-order valence-electron chi connectivity index (χ4n) is 2.13. The molecule has 0 saturated heterocycles. The Labute approximate surface area is 138 Å². The summed E-state index contributed by atoms with van der Waals surface area (Å²) in [5.74, 6) is 2.48. The van der Waals surface area contributed by atoms with Crippen molar-refractivity contribution in [3.8, 4) is 17.2 Å². The molecule has 0 aliphatic carbocycles. The number of methoxy groups -OCH3 is 2. The van der Waals surface area contributed by atoms with E-state index in [0.29, 0.717) is 0 Å². The molecule has 3 nitrogen and oxygen atoms in total. The second kappa shape index (κ2) is 8.89. The highest BCUT2D eigenvalue weighted by Gasteiger charge is 1.99. The van der Waals surface area contributed by atoms with Gasteiger partial charge in [-0.1, -0.05) is 37.6 Å². The average molecular weight is 312 g/mol. The minimum absolute atomic E-state index is 0.773. The van der Waals surface area contributed by atoms with E-state index < -0.39 is 0 Å². The lowest BCUT2D eigenvalue weighted by atomic mass is 10.1. The van der Waals surface area contributed by atoms with Crippen molar-refractivity contribution in [3.05, 3.63) is 53.6 Å². The molecule has 0 bridgehead atoms. The fraction of sp³-hybridized carbons (Fsp3) is 0.300. The Morgan fingerprint density at radius 1 is 0.783 bits per heavy atom. The molecule has 0 N–H and O–H groups in total. The standard InChI is InChI=1S/C20H24O3/c1-4-5-12-23-18-10-8-16(9-11-18)6-7-17-13-19(21-2)15-20(14-17)22-3/h6-11,13-15H,4-5,12H2,1-3H3. The molecular weight excluding hydrogens is 288 g/mol. The van der Waals surface area contributed by atoms with E-state index in [1.165, 1.54) is 0 Å². The van der Waals surface area contributed by atoms with Crippen LogP contribution in [0.5, 0.6) is 17.2 Å². The van der Waals surface area contributed by atoms with Crippen LogP contribution in [0.15, 0.2) is 42.5 Å². The summed E-state index contributed by atoms with van der Waals surface area (Å²) in [5.41, 5.74) is 2.15. The minimum Gasteiger partial charge on any atom is -0.497 e. The maximum Gasteiger partial charge on any atom is 0.123 e. The predicted molar refractivity (Wildman–Crippen MR) is 95.3 cm³/mol. The summed E-state index contributed by atoms with van der Waals surface area (Å²) in [4.78, 5) is 0. The zero-order chi connectivity index (χ0) is 16.5. The van der Waals surface area contributed by atoms with Crippen molar-refractivity contribution in [1.82, 2.24) is 0 Å². The molecular formula is C20H24O3. The quantitative estimate of drug-likeness (QED) is 0.504. The van der Waals surface area contributed by atoms with Crippen molar-refractivity contribution in [3.63, 3.8) is 0 Å². The lowest BCUT2D eigenvalue weighted by molar-refractivity contribution is 0.309. The van der Waals surface area contributed by atoms with E-state index >= 15 is 0 Å². The van der Waals surface area contributed by atoms with E-state index in [1.54, 1.807) is 14.2 Å². The smallest absolute Gasteiger partial charge is 0.123 e. The molecule has 0 atom stereocenters. The van der Waals surface area contributed by atoms with Crippen molar-refractivity contribution in [2.24, 2.45) is 0 Å². The van der Waals surface area contributed by atoms with Gasteiger partial charge in [-0.15, -0.1) is 0 Å². The second-order valence-corrected chi connectivity index (χ2v) is 5.25. The van der Waals surface area contributed by atoms with Crippen molar-refractivity contribution in [1.29, 1.82) is 0 Å². The zero-order valence-corrected chi connectivity index (χ0v) is 14.0. The van der Waals surface area contributed by atoms with Crippen LogP contribution in [-0.4, -0.2) is 20.8 Å². The monoisotopic (exact) mass is 312 g/mol. The number of hydrogen-bond donors (Lipinski definition) is 0. The summed E-state index contributed by atoms with van der Waals surface area (Å²) in [6.07, 6.45) is 6.33. The Kier molecular flexibility index (Phi) is 6.55. The molecule has 0 amide bonds. The van der Waals surface area contributed by atoms with Gasteiger partial charge in [-0.3, -0.25) is 0 Å². The summed E-state index contributed by atoms with van der Waals surface area (Å²) in [6.45, 7) is 2.93. The number of benzene rings is 2. The molecule has 0 fully saturated rings. The molecule has 0 radical (unpaired) electrons. The Morgan fingerprint density at radius 2 is 1.39 bits per heavy atom. The maximum absolute atomic E-state index is 5.67. The first-order chi connectivity index (χ1) is 11.2. The van der Waals surface area contributed by atoms with Crippen LogP contribution in [-0.2, 0) is 0 Å². The SMILES string of the molecule is CCCCOc1ccc(C=Cc2cc(OC)cc(OC)c2)cc1. The van der Waals surface area contributed by atoms with Gasteiger partial charge in [0.25, 0.3) is 0 Å². The van der Waals surface area contributed by atoms with Crippen LogP contribution in [0.2, 0.25) is 0 Å². The highest BCUT2D eigenvalue weighted by Crippen LogP contribution is 2.24. The summed E-state index contributed by atoms with van der Waals surface area (Å²) >= 11 is 0. The first kappa shape index (κ1) is 16.9. The third kappa shape index (κ3) is 5.37. The number of rotatable bonds is 8. The highest BCUT2D eigenvalue weighted by atomic mass is 16.5. The van der Waals surface area contributed by atoms with Crippen LogP contribution >= 0.6 is 0 Å². The third-order valence-corrected chi connectivity index (χ3v) is 3.49. The van der Waals surface area contributed by atoms with E-state index in [9.17, 15) is 0 Å². The third-order valence-electron chi connectivity index (χ3n) is 3.49. The van der Waals surface area contributed by atoms with Gasteiger partial charge >= 0.3 is 0 Å². The molecule has 0 heterocycles. The Bertz CT molecular complexity index is 608. The number of unbranched alkanes of at least 4 members (excludes halogenated alkanes) is 1. The van der Waals surface area contributed by atoms with Crippen molar-refractivity contribution in [2.45, 2.75) is 19.8 Å². The summed E-state index contributed by atoms with van der Waals surface area (Å²) in [5, 5.41) is 0. The molecule has 2 rings (SSSR count). The highest BCUT2D eigenvalue weighted by molar-refractivity contribution is 5.71. The van der Waals surface area contributed by atoms with Crippen molar-refractivity contribution < 1.29 is 14.2 Å². The van der Waals surface area contributed by atoms with E-state index in [4.69, 9.17) is 14.2 Å². The molecule has 2 aromatic carbocycles. The second-order valence-electron chi connectivity index (χ2n) is 5.25. The molecule has 0 aliphatic heterocycles. The largest absolute Gasteiger partial charge is 0.497 e. The van der Waals surface area contributed by atoms with Gasteiger partial charge in [0.15, 0.2) is 0 Å². The molecule has 0 aromatic heterocycles. The Hall–Kier alpha value is -2.42. The van der Waals surface area contributed by atoms with Gasteiger partial charge in [-0.05, 0) is 41.8 Å². The van der Waals surface area contributed by atoms with E-state index in [-0.39, 0.29) is 0 Å². The predicted octanol–water partition coefficient (Wildman–Crippen LogP) is 5.05. The van der Waals surface area contributed by atoms with Crippen LogP contribution in [0.4, 0.5) is 0 Å². The van der Waals surface area contributed by atoms with Crippen LogP contribution in [0.3, 0.4) is 0 Å². The molecule has 3 heteroatoms. The van der Waals surface area contributed by atoms with Crippen LogP contribution in [0.25, 0.3) is 12.2 Å². The summed E-state index contributed by atoms with van der Waals surface area (Å²) < 4.78 is 16.2. The van der Waals surface area contributed by atoms with Gasteiger partial charge in [0.1, 0.15) is 17.2 Å². The first-order valence-electron chi connectivity index (χ1n) is 7.89. The van der Waals surface area contributed by atoms with Gasteiger partial charge in [0, 0.05) is 6.07 Å². The molecule has 0 spiro atoms. The normalized spacial score (nSPS) is 10.7. The minimum atomic E-state index is 0.773. The lowest BCUT2D eigenvalue weighted by Crippen LogP contribution is -1.95. The topological polar surface area (TPSA) is 27.7 Å². The lowest BCUT2D eigenvalue weighted by Gasteiger charge is -2.06. The van der Waals surface area contributed by atoms with E-state index in [2.05, 4.69) is 25.1 Å². The molecule has 23 heavy (non-hydrogen) atoms. The van der Waals surface area contributed by atoms with Crippen molar-refractivity contribution >= 4 is 12.2 Å². The van der Waals surface area contributed by atoms with E-state index in [1.807, 2.05) is 36.4 Å². The summed E-state index contributed by atoms with van der Waals surface area (Å²) in [7, 11) is 3.30. The van der Waals surface area contributed by atoms with Gasteiger partial charge in [0.2, 0.25) is 0 Å². The van der Waals surface area contributed by atoms with Crippen LogP contribution in [0.1, 0.15) is 30.9 Å². The first-order valence-corrected chi connectivity index (χ1v) is 7.89. The van der Waals surface area contributed by atoms with Crippen LogP contribution < -0.4 is 14.2 Å². The Morgan fingerprint density at radius 3 is 1.96 bits per heavy atom. The fourth-order valence-corrected chi connectivity index (χ4v) is 2.13. The average Bonchev–Trinajstić information content (AvgIpc) is 2.61. The van der Waals surface area contributed by atoms with E-state index in [0.717, 1.165) is 47.8 Å². The Balaban J connectivity index is 2.05. The van der Waals surface area contributed by atoms with Gasteiger partial charge in [-0.2, -0.15) is 0 Å². The zero-order valence-electron chi connectivity index (χ0n) is 14.0. The van der Waals surface area contributed by atoms with Gasteiger partial charge < -0.3 is 14.2 Å². The maximum atomic E-state index is 5.67. The molecule has 2 aromatic rings. The molecule has 0 aliphatic rings.